The molecule has 1 N–H and O–H groups in total. The van der Waals surface area contributed by atoms with Crippen molar-refractivity contribution in [2.45, 2.75) is 39.8 Å². The molecule has 2 aromatic heterocycles. The summed E-state index contributed by atoms with van der Waals surface area (Å²) in [4.78, 5) is 6.94. The van der Waals surface area contributed by atoms with Gasteiger partial charge in [-0.15, -0.1) is 0 Å². The number of hydrogen-bond donors (Lipinski definition) is 1. The number of halogens is 1. The van der Waals surface area contributed by atoms with E-state index in [9.17, 15) is 0 Å². The lowest BCUT2D eigenvalue weighted by molar-refractivity contribution is 0.565. The molecule has 1 aliphatic rings. The van der Waals surface area contributed by atoms with E-state index in [1.165, 1.54) is 33.8 Å². The second-order valence-corrected chi connectivity index (χ2v) is 10.2. The Balaban J connectivity index is 1.69. The Morgan fingerprint density at radius 2 is 1.74 bits per heavy atom. The van der Waals surface area contributed by atoms with E-state index < -0.39 is 0 Å². The highest BCUT2D eigenvalue weighted by atomic mass is 79.9. The molecular formula is C28H27BrN4S. The fourth-order valence-corrected chi connectivity index (χ4v) is 5.57. The van der Waals surface area contributed by atoms with E-state index >= 15 is 0 Å². The van der Waals surface area contributed by atoms with E-state index in [1.54, 1.807) is 0 Å². The molecule has 1 aliphatic heterocycles. The van der Waals surface area contributed by atoms with Crippen molar-refractivity contribution in [2.75, 3.05) is 4.90 Å². The Morgan fingerprint density at radius 1 is 0.912 bits per heavy atom. The summed E-state index contributed by atoms with van der Waals surface area (Å²) in [5.41, 5.74) is 9.28. The van der Waals surface area contributed by atoms with Gasteiger partial charge in [-0.25, -0.2) is 0 Å². The summed E-state index contributed by atoms with van der Waals surface area (Å²) in [6, 6.07) is 23.3. The summed E-state index contributed by atoms with van der Waals surface area (Å²) >= 11 is 9.55. The largest absolute Gasteiger partial charge is 0.351 e. The lowest BCUT2D eigenvalue weighted by Gasteiger charge is -2.28. The molecule has 6 heteroatoms. The standard InChI is InChI=1S/C28H27BrN4S/c1-17-8-7-9-21(14-17)32-19(3)16-23(20(32)4)27-26(25-10-5-6-13-30-25)31-28(34)33(27)22-11-12-24(29)18(2)15-22/h5-16,26-27H,1-4H3,(H,31,34)/t26-,27+/m0/s1. The molecule has 0 unspecified atom stereocenters. The van der Waals surface area contributed by atoms with Gasteiger partial charge >= 0.3 is 0 Å². The highest BCUT2D eigenvalue weighted by Crippen LogP contribution is 2.44. The van der Waals surface area contributed by atoms with Gasteiger partial charge in [-0.1, -0.05) is 34.1 Å². The lowest BCUT2D eigenvalue weighted by atomic mass is 9.96. The van der Waals surface area contributed by atoms with Crippen LogP contribution in [0, 0.1) is 27.7 Å². The topological polar surface area (TPSA) is 33.1 Å². The van der Waals surface area contributed by atoms with Gasteiger partial charge in [-0.3, -0.25) is 4.98 Å². The van der Waals surface area contributed by atoms with Gasteiger partial charge < -0.3 is 14.8 Å². The fourth-order valence-electron chi connectivity index (χ4n) is 4.98. The molecule has 4 aromatic rings. The molecule has 2 atom stereocenters. The van der Waals surface area contributed by atoms with Crippen molar-refractivity contribution in [1.82, 2.24) is 14.9 Å². The average Bonchev–Trinajstić information content (AvgIpc) is 3.31. The van der Waals surface area contributed by atoms with Gasteiger partial charge in [0.25, 0.3) is 0 Å². The Morgan fingerprint density at radius 3 is 2.44 bits per heavy atom. The summed E-state index contributed by atoms with van der Waals surface area (Å²) in [6.45, 7) is 8.61. The highest BCUT2D eigenvalue weighted by Gasteiger charge is 2.42. The average molecular weight is 532 g/mol. The monoisotopic (exact) mass is 530 g/mol. The van der Waals surface area contributed by atoms with Crippen LogP contribution in [0.5, 0.6) is 0 Å². The first-order valence-electron chi connectivity index (χ1n) is 11.4. The quantitative estimate of drug-likeness (QED) is 0.286. The fraction of sp³-hybridized carbons (Fsp3) is 0.214. The summed E-state index contributed by atoms with van der Waals surface area (Å²) in [5, 5.41) is 4.29. The highest BCUT2D eigenvalue weighted by molar-refractivity contribution is 9.10. The van der Waals surface area contributed by atoms with Gasteiger partial charge in [0.15, 0.2) is 5.11 Å². The van der Waals surface area contributed by atoms with E-state index in [-0.39, 0.29) is 12.1 Å². The maximum atomic E-state index is 5.91. The number of aromatic nitrogens is 2. The van der Waals surface area contributed by atoms with Crippen molar-refractivity contribution in [3.05, 3.63) is 111 Å². The maximum Gasteiger partial charge on any atom is 0.174 e. The van der Waals surface area contributed by atoms with E-state index in [0.29, 0.717) is 5.11 Å². The van der Waals surface area contributed by atoms with Crippen molar-refractivity contribution >= 4 is 38.9 Å². The second kappa shape index (κ2) is 9.01. The van der Waals surface area contributed by atoms with E-state index in [0.717, 1.165) is 15.9 Å². The van der Waals surface area contributed by atoms with Crippen molar-refractivity contribution < 1.29 is 0 Å². The van der Waals surface area contributed by atoms with E-state index in [4.69, 9.17) is 17.2 Å². The predicted molar refractivity (Wildman–Crippen MR) is 147 cm³/mol. The number of pyridine rings is 1. The number of thiocarbonyl (C=S) groups is 1. The molecule has 0 bridgehead atoms. The predicted octanol–water partition coefficient (Wildman–Crippen LogP) is 7.05. The SMILES string of the molecule is Cc1cccc(-n2c(C)cc([C@@H]3[C@H](c4ccccn4)NC(=S)N3c3ccc(Br)c(C)c3)c2C)c1. The molecule has 0 aliphatic carbocycles. The maximum absolute atomic E-state index is 5.91. The van der Waals surface area contributed by atoms with Gasteiger partial charge in [-0.05, 0) is 105 Å². The molecule has 172 valence electrons. The molecule has 0 saturated carbocycles. The van der Waals surface area contributed by atoms with Crippen LogP contribution in [0.15, 0.2) is 77.4 Å². The third-order valence-corrected chi connectivity index (χ3v) is 7.77. The van der Waals surface area contributed by atoms with Crippen LogP contribution in [0.3, 0.4) is 0 Å². The van der Waals surface area contributed by atoms with Gasteiger partial charge in [0.2, 0.25) is 0 Å². The normalized spacial score (nSPS) is 17.8. The van der Waals surface area contributed by atoms with Crippen LogP contribution in [0.1, 0.15) is 45.9 Å². The van der Waals surface area contributed by atoms with Gasteiger partial charge in [-0.2, -0.15) is 0 Å². The molecule has 3 heterocycles. The summed E-state index contributed by atoms with van der Waals surface area (Å²) in [5.74, 6) is 0. The zero-order valence-electron chi connectivity index (χ0n) is 19.7. The minimum absolute atomic E-state index is 0.0345. The van der Waals surface area contributed by atoms with E-state index in [1.807, 2.05) is 18.3 Å². The number of nitrogens with zero attached hydrogens (tertiary/aromatic N) is 3. The first kappa shape index (κ1) is 22.8. The number of nitrogens with one attached hydrogen (secondary N) is 1. The molecule has 1 fully saturated rings. The van der Waals surface area contributed by atoms with E-state index in [2.05, 4.69) is 113 Å². The molecule has 4 nitrogen and oxygen atoms in total. The molecule has 0 radical (unpaired) electrons. The molecular weight excluding hydrogens is 504 g/mol. The molecule has 0 amide bonds. The first-order valence-corrected chi connectivity index (χ1v) is 12.6. The molecule has 34 heavy (non-hydrogen) atoms. The number of benzene rings is 2. The molecule has 0 spiro atoms. The third kappa shape index (κ3) is 3.95. The van der Waals surface area contributed by atoms with Gasteiger partial charge in [0.1, 0.15) is 0 Å². The van der Waals surface area contributed by atoms with Crippen molar-refractivity contribution in [3.8, 4) is 5.69 Å². The Bertz CT molecular complexity index is 1380. The molecule has 5 rings (SSSR count). The van der Waals surface area contributed by atoms with Crippen LogP contribution in [-0.2, 0) is 0 Å². The summed E-state index contributed by atoms with van der Waals surface area (Å²) in [6.07, 6.45) is 1.85. The van der Waals surface area contributed by atoms with Crippen molar-refractivity contribution in [2.24, 2.45) is 0 Å². The van der Waals surface area contributed by atoms with Crippen LogP contribution in [0.4, 0.5) is 5.69 Å². The third-order valence-electron chi connectivity index (χ3n) is 6.57. The van der Waals surface area contributed by atoms with Gasteiger partial charge in [0, 0.05) is 33.4 Å². The molecule has 2 aromatic carbocycles. The Hall–Kier alpha value is -2.96. The summed E-state index contributed by atoms with van der Waals surface area (Å²) < 4.78 is 3.43. The van der Waals surface area contributed by atoms with Crippen molar-refractivity contribution in [3.63, 3.8) is 0 Å². The minimum Gasteiger partial charge on any atom is -0.351 e. The lowest BCUT2D eigenvalue weighted by Crippen LogP contribution is -2.29. The van der Waals surface area contributed by atoms with Gasteiger partial charge in [0.05, 0.1) is 17.8 Å². The van der Waals surface area contributed by atoms with Crippen LogP contribution in [0.2, 0.25) is 0 Å². The Labute approximate surface area is 214 Å². The second-order valence-electron chi connectivity index (χ2n) is 8.93. The first-order chi connectivity index (χ1) is 16.3. The van der Waals surface area contributed by atoms with Crippen LogP contribution in [0.25, 0.3) is 5.69 Å². The van der Waals surface area contributed by atoms with Crippen molar-refractivity contribution in [1.29, 1.82) is 0 Å². The van der Waals surface area contributed by atoms with Crippen LogP contribution < -0.4 is 10.2 Å². The number of rotatable bonds is 4. The zero-order valence-corrected chi connectivity index (χ0v) is 22.1. The Kier molecular flexibility index (Phi) is 6.04. The number of aryl methyl sites for hydroxylation is 3. The zero-order chi connectivity index (χ0) is 24.0. The minimum atomic E-state index is -0.0656. The smallest absolute Gasteiger partial charge is 0.174 e. The molecule has 1 saturated heterocycles. The number of hydrogen-bond acceptors (Lipinski definition) is 2. The summed E-state index contributed by atoms with van der Waals surface area (Å²) in [7, 11) is 0. The van der Waals surface area contributed by atoms with Crippen LogP contribution >= 0.6 is 28.1 Å². The number of anilines is 1. The van der Waals surface area contributed by atoms with Crippen LogP contribution in [-0.4, -0.2) is 14.7 Å².